The predicted molar refractivity (Wildman–Crippen MR) is 83.5 cm³/mol. The summed E-state index contributed by atoms with van der Waals surface area (Å²) in [5.41, 5.74) is 4.62. The van der Waals surface area contributed by atoms with Gasteiger partial charge in [-0.2, -0.15) is 5.10 Å². The fourth-order valence-corrected chi connectivity index (χ4v) is 3.13. The third-order valence-electron chi connectivity index (χ3n) is 4.20. The number of aryl methyl sites for hydroxylation is 3. The van der Waals surface area contributed by atoms with Gasteiger partial charge >= 0.3 is 0 Å². The number of aromatic amines is 1. The number of H-pyrrole nitrogens is 1. The van der Waals surface area contributed by atoms with E-state index in [1.54, 1.807) is 0 Å². The third-order valence-corrected chi connectivity index (χ3v) is 4.20. The lowest BCUT2D eigenvalue weighted by Gasteiger charge is -2.33. The first-order valence-corrected chi connectivity index (χ1v) is 7.68. The topological polar surface area (TPSA) is 57.7 Å². The number of nitrogens with one attached hydrogen (secondary N) is 1. The number of hydrogen-bond donors (Lipinski definition) is 1. The van der Waals surface area contributed by atoms with Crippen molar-refractivity contribution in [3.8, 4) is 0 Å². The largest absolute Gasteiger partial charge is 0.341 e. The Morgan fingerprint density at radius 2 is 2.00 bits per heavy atom. The molecule has 1 unspecified atom stereocenters. The zero-order chi connectivity index (χ0) is 14.8. The van der Waals surface area contributed by atoms with Crippen LogP contribution in [0.15, 0.2) is 12.3 Å². The molecular formula is C16H23N5. The van der Waals surface area contributed by atoms with Crippen molar-refractivity contribution >= 4 is 5.95 Å². The molecule has 0 spiro atoms. The van der Waals surface area contributed by atoms with Gasteiger partial charge in [-0.3, -0.25) is 5.10 Å². The van der Waals surface area contributed by atoms with Crippen LogP contribution in [0.1, 0.15) is 35.5 Å². The molecule has 3 heterocycles. The summed E-state index contributed by atoms with van der Waals surface area (Å²) in [5.74, 6) is 1.53. The molecule has 1 fully saturated rings. The molecule has 1 atom stereocenters. The maximum absolute atomic E-state index is 4.60. The molecule has 0 radical (unpaired) electrons. The van der Waals surface area contributed by atoms with Crippen molar-refractivity contribution in [3.05, 3.63) is 34.9 Å². The summed E-state index contributed by atoms with van der Waals surface area (Å²) in [5, 5.41) is 7.25. The Balaban J connectivity index is 1.72. The number of nitrogens with zero attached hydrogens (tertiary/aromatic N) is 4. The minimum Gasteiger partial charge on any atom is -0.341 e. The molecule has 1 aliphatic heterocycles. The Labute approximate surface area is 125 Å². The summed E-state index contributed by atoms with van der Waals surface area (Å²) in [7, 11) is 0. The molecule has 5 heteroatoms. The van der Waals surface area contributed by atoms with Gasteiger partial charge in [0.25, 0.3) is 0 Å². The SMILES string of the molecule is Cc1cc(C)nc(N2CCCC(Cc3[nH]ncc3C)C2)n1. The summed E-state index contributed by atoms with van der Waals surface area (Å²) in [6.07, 6.45) is 5.43. The smallest absolute Gasteiger partial charge is 0.225 e. The van der Waals surface area contributed by atoms with Crippen LogP contribution in [0.4, 0.5) is 5.95 Å². The maximum Gasteiger partial charge on any atom is 0.225 e. The standard InChI is InChI=1S/C16H23N5/c1-11-9-17-20-15(11)8-14-5-4-6-21(10-14)16-18-12(2)7-13(3)19-16/h7,9,14H,4-6,8,10H2,1-3H3,(H,17,20). The van der Waals surface area contributed by atoms with Gasteiger partial charge in [-0.15, -0.1) is 0 Å². The van der Waals surface area contributed by atoms with Crippen molar-refractivity contribution in [2.45, 2.75) is 40.0 Å². The van der Waals surface area contributed by atoms with E-state index in [4.69, 9.17) is 0 Å². The van der Waals surface area contributed by atoms with Crippen LogP contribution in [0, 0.1) is 26.7 Å². The van der Waals surface area contributed by atoms with E-state index in [0.717, 1.165) is 36.8 Å². The summed E-state index contributed by atoms with van der Waals surface area (Å²) in [6.45, 7) is 8.27. The van der Waals surface area contributed by atoms with Gasteiger partial charge in [0.05, 0.1) is 6.20 Å². The van der Waals surface area contributed by atoms with Crippen molar-refractivity contribution in [1.29, 1.82) is 0 Å². The molecule has 3 rings (SSSR count). The molecule has 0 saturated carbocycles. The van der Waals surface area contributed by atoms with Crippen molar-refractivity contribution in [2.24, 2.45) is 5.92 Å². The van der Waals surface area contributed by atoms with E-state index < -0.39 is 0 Å². The van der Waals surface area contributed by atoms with E-state index in [-0.39, 0.29) is 0 Å². The molecule has 1 saturated heterocycles. The van der Waals surface area contributed by atoms with Crippen LogP contribution in [0.5, 0.6) is 0 Å². The molecule has 2 aromatic heterocycles. The molecule has 0 aliphatic carbocycles. The summed E-state index contributed by atoms with van der Waals surface area (Å²) < 4.78 is 0. The van der Waals surface area contributed by atoms with Crippen molar-refractivity contribution in [3.63, 3.8) is 0 Å². The van der Waals surface area contributed by atoms with Gasteiger partial charge in [0.1, 0.15) is 0 Å². The minimum atomic E-state index is 0.641. The van der Waals surface area contributed by atoms with Crippen LogP contribution >= 0.6 is 0 Å². The summed E-state index contributed by atoms with van der Waals surface area (Å²) in [4.78, 5) is 11.5. The van der Waals surface area contributed by atoms with Crippen LogP contribution in [0.2, 0.25) is 0 Å². The molecule has 5 nitrogen and oxygen atoms in total. The highest BCUT2D eigenvalue weighted by atomic mass is 15.3. The fraction of sp³-hybridized carbons (Fsp3) is 0.562. The number of anilines is 1. The van der Waals surface area contributed by atoms with E-state index in [1.165, 1.54) is 24.1 Å². The van der Waals surface area contributed by atoms with Crippen molar-refractivity contribution in [1.82, 2.24) is 20.2 Å². The molecule has 21 heavy (non-hydrogen) atoms. The zero-order valence-electron chi connectivity index (χ0n) is 13.1. The highest BCUT2D eigenvalue weighted by Crippen LogP contribution is 2.24. The number of aromatic nitrogens is 4. The number of piperidine rings is 1. The van der Waals surface area contributed by atoms with Crippen LogP contribution in [0.25, 0.3) is 0 Å². The second kappa shape index (κ2) is 5.84. The third kappa shape index (κ3) is 3.23. The second-order valence-electron chi connectivity index (χ2n) is 6.14. The zero-order valence-corrected chi connectivity index (χ0v) is 13.1. The minimum absolute atomic E-state index is 0.641. The van der Waals surface area contributed by atoms with Gasteiger partial charge < -0.3 is 4.90 Å². The van der Waals surface area contributed by atoms with Crippen molar-refractivity contribution in [2.75, 3.05) is 18.0 Å². The molecule has 2 aromatic rings. The van der Waals surface area contributed by atoms with Crippen molar-refractivity contribution < 1.29 is 0 Å². The summed E-state index contributed by atoms with van der Waals surface area (Å²) in [6, 6.07) is 2.03. The predicted octanol–water partition coefficient (Wildman–Crippen LogP) is 2.58. The Bertz CT molecular complexity index is 599. The molecule has 0 amide bonds. The summed E-state index contributed by atoms with van der Waals surface area (Å²) >= 11 is 0. The van der Waals surface area contributed by atoms with Crippen LogP contribution in [0.3, 0.4) is 0 Å². The van der Waals surface area contributed by atoms with Gasteiger partial charge in [-0.25, -0.2) is 9.97 Å². The molecule has 112 valence electrons. The van der Waals surface area contributed by atoms with E-state index in [1.807, 2.05) is 26.1 Å². The molecule has 1 N–H and O–H groups in total. The maximum atomic E-state index is 4.60. The van der Waals surface area contributed by atoms with Gasteiger partial charge in [-0.05, 0) is 57.6 Å². The Morgan fingerprint density at radius 1 is 1.24 bits per heavy atom. The van der Waals surface area contributed by atoms with Gasteiger partial charge in [0.2, 0.25) is 5.95 Å². The van der Waals surface area contributed by atoms with E-state index in [0.29, 0.717) is 5.92 Å². The lowest BCUT2D eigenvalue weighted by atomic mass is 9.92. The first-order valence-electron chi connectivity index (χ1n) is 7.68. The van der Waals surface area contributed by atoms with E-state index in [9.17, 15) is 0 Å². The first-order chi connectivity index (χ1) is 10.1. The van der Waals surface area contributed by atoms with E-state index >= 15 is 0 Å². The molecule has 1 aliphatic rings. The highest BCUT2D eigenvalue weighted by Gasteiger charge is 2.23. The highest BCUT2D eigenvalue weighted by molar-refractivity contribution is 5.33. The van der Waals surface area contributed by atoms with Crippen LogP contribution in [-0.4, -0.2) is 33.3 Å². The second-order valence-corrected chi connectivity index (χ2v) is 6.14. The lowest BCUT2D eigenvalue weighted by molar-refractivity contribution is 0.405. The normalized spacial score (nSPS) is 19.0. The number of hydrogen-bond acceptors (Lipinski definition) is 4. The molecule has 0 aromatic carbocycles. The number of rotatable bonds is 3. The quantitative estimate of drug-likeness (QED) is 0.941. The Morgan fingerprint density at radius 3 is 2.67 bits per heavy atom. The fourth-order valence-electron chi connectivity index (χ4n) is 3.13. The van der Waals surface area contributed by atoms with Gasteiger partial charge in [0, 0.05) is 30.2 Å². The van der Waals surface area contributed by atoms with Crippen LogP contribution in [-0.2, 0) is 6.42 Å². The first kappa shape index (κ1) is 14.0. The van der Waals surface area contributed by atoms with E-state index in [2.05, 4.69) is 32.0 Å². The Hall–Kier alpha value is -1.91. The molecular weight excluding hydrogens is 262 g/mol. The van der Waals surface area contributed by atoms with Crippen LogP contribution < -0.4 is 4.90 Å². The average Bonchev–Trinajstić information content (AvgIpc) is 2.84. The van der Waals surface area contributed by atoms with Gasteiger partial charge in [0.15, 0.2) is 0 Å². The monoisotopic (exact) mass is 285 g/mol. The Kier molecular flexibility index (Phi) is 3.90. The van der Waals surface area contributed by atoms with Gasteiger partial charge in [-0.1, -0.05) is 0 Å². The molecule has 0 bridgehead atoms. The lowest BCUT2D eigenvalue weighted by Crippen LogP contribution is -2.37. The average molecular weight is 285 g/mol.